The van der Waals surface area contributed by atoms with Crippen LogP contribution in [0.2, 0.25) is 0 Å². The highest BCUT2D eigenvalue weighted by molar-refractivity contribution is 7.80. The number of nitrogens with zero attached hydrogens (tertiary/aromatic N) is 2. The van der Waals surface area contributed by atoms with Crippen LogP contribution in [0.5, 0.6) is 0 Å². The summed E-state index contributed by atoms with van der Waals surface area (Å²) in [5, 5.41) is 7.80. The predicted octanol–water partition coefficient (Wildman–Crippen LogP) is 2.39. The van der Waals surface area contributed by atoms with Gasteiger partial charge in [0.1, 0.15) is 0 Å². The monoisotopic (exact) mass is 274 g/mol. The van der Waals surface area contributed by atoms with Crippen LogP contribution in [0, 0.1) is 5.92 Å². The highest BCUT2D eigenvalue weighted by Gasteiger charge is 2.06. The highest BCUT2D eigenvalue weighted by atomic mass is 32.1. The van der Waals surface area contributed by atoms with Crippen molar-refractivity contribution in [2.45, 2.75) is 25.8 Å². The molecule has 1 aromatic heterocycles. The number of hydrazone groups is 1. The van der Waals surface area contributed by atoms with Crippen LogP contribution >= 0.6 is 12.2 Å². The molecule has 0 amide bonds. The van der Waals surface area contributed by atoms with Gasteiger partial charge in [0.15, 0.2) is 5.11 Å². The molecule has 1 aliphatic rings. The van der Waals surface area contributed by atoms with Gasteiger partial charge in [-0.3, -0.25) is 10.4 Å². The van der Waals surface area contributed by atoms with Gasteiger partial charge in [-0.2, -0.15) is 5.10 Å². The minimum Gasteiger partial charge on any atom is -0.357 e. The molecule has 0 saturated heterocycles. The van der Waals surface area contributed by atoms with Crippen molar-refractivity contribution in [2.75, 3.05) is 0 Å². The summed E-state index contributed by atoms with van der Waals surface area (Å²) in [6.07, 6.45) is 13.3. The van der Waals surface area contributed by atoms with Gasteiger partial charge >= 0.3 is 0 Å². The maximum absolute atomic E-state index is 5.15. The summed E-state index contributed by atoms with van der Waals surface area (Å²) >= 11 is 5.15. The lowest BCUT2D eigenvalue weighted by Gasteiger charge is -2.12. The van der Waals surface area contributed by atoms with Crippen LogP contribution in [0.15, 0.2) is 41.8 Å². The predicted molar refractivity (Wildman–Crippen MR) is 81.8 cm³/mol. The summed E-state index contributed by atoms with van der Waals surface area (Å²) in [5.74, 6) is 0.527. The maximum atomic E-state index is 5.15. The van der Waals surface area contributed by atoms with Gasteiger partial charge in [0, 0.05) is 25.2 Å². The minimum absolute atomic E-state index is 0.527. The van der Waals surface area contributed by atoms with E-state index in [9.17, 15) is 0 Å². The highest BCUT2D eigenvalue weighted by Crippen LogP contribution is 2.15. The number of hydrogen-bond acceptors (Lipinski definition) is 3. The Morgan fingerprint density at radius 3 is 3.21 bits per heavy atom. The lowest BCUT2D eigenvalue weighted by Crippen LogP contribution is -2.31. The van der Waals surface area contributed by atoms with Crippen molar-refractivity contribution in [3.63, 3.8) is 0 Å². The molecule has 0 saturated carbocycles. The van der Waals surface area contributed by atoms with E-state index >= 15 is 0 Å². The average molecular weight is 274 g/mol. The van der Waals surface area contributed by atoms with Crippen molar-refractivity contribution in [2.24, 2.45) is 11.0 Å². The lowest BCUT2D eigenvalue weighted by molar-refractivity contribution is 0.624. The number of rotatable bonds is 4. The first-order chi connectivity index (χ1) is 9.34. The number of thiocarbonyl (C=S) groups is 1. The van der Waals surface area contributed by atoms with Gasteiger partial charge in [0.05, 0.1) is 0 Å². The van der Waals surface area contributed by atoms with Crippen molar-refractivity contribution >= 4 is 23.5 Å². The van der Waals surface area contributed by atoms with Crippen LogP contribution in [0.25, 0.3) is 0 Å². The van der Waals surface area contributed by atoms with Crippen LogP contribution in [0.4, 0.5) is 0 Å². The standard InChI is InChI=1S/C14H18N4S/c19-14(16-10-13-7-4-8-15-9-13)18-17-11-12-5-2-1-3-6-12/h1-2,4,7-9,11-12H,3,5-6,10H2,(H2,16,18,19)/b17-11+. The first-order valence-electron chi connectivity index (χ1n) is 6.45. The first-order valence-corrected chi connectivity index (χ1v) is 6.86. The molecule has 2 N–H and O–H groups in total. The van der Waals surface area contributed by atoms with Gasteiger partial charge in [0.25, 0.3) is 0 Å². The zero-order chi connectivity index (χ0) is 13.3. The number of pyridine rings is 1. The number of allylic oxidation sites excluding steroid dienone is 2. The lowest BCUT2D eigenvalue weighted by atomic mass is 9.96. The van der Waals surface area contributed by atoms with E-state index in [-0.39, 0.29) is 0 Å². The molecule has 0 radical (unpaired) electrons. The Labute approximate surface area is 119 Å². The first kappa shape index (κ1) is 13.7. The Morgan fingerprint density at radius 2 is 2.47 bits per heavy atom. The third-order valence-electron chi connectivity index (χ3n) is 2.94. The van der Waals surface area contributed by atoms with Gasteiger partial charge < -0.3 is 5.32 Å². The van der Waals surface area contributed by atoms with E-state index in [1.54, 1.807) is 6.20 Å². The average Bonchev–Trinajstić information content (AvgIpc) is 2.47. The summed E-state index contributed by atoms with van der Waals surface area (Å²) in [6, 6.07) is 3.91. The molecule has 4 nitrogen and oxygen atoms in total. The van der Waals surface area contributed by atoms with Gasteiger partial charge in [-0.1, -0.05) is 18.2 Å². The van der Waals surface area contributed by atoms with Crippen molar-refractivity contribution < 1.29 is 0 Å². The third kappa shape index (κ3) is 5.18. The van der Waals surface area contributed by atoms with Crippen LogP contribution in [-0.2, 0) is 6.54 Å². The van der Waals surface area contributed by atoms with Gasteiger partial charge in [-0.05, 0) is 49.0 Å². The molecule has 1 unspecified atom stereocenters. The molecule has 0 aromatic carbocycles. The van der Waals surface area contributed by atoms with Crippen LogP contribution in [-0.4, -0.2) is 16.3 Å². The van der Waals surface area contributed by atoms with Gasteiger partial charge in [-0.25, -0.2) is 0 Å². The molecule has 5 heteroatoms. The van der Waals surface area contributed by atoms with Crippen molar-refractivity contribution in [3.05, 3.63) is 42.2 Å². The number of aromatic nitrogens is 1. The van der Waals surface area contributed by atoms with E-state index in [1.165, 1.54) is 0 Å². The molecule has 0 spiro atoms. The summed E-state index contributed by atoms with van der Waals surface area (Å²) in [6.45, 7) is 0.654. The SMILES string of the molecule is S=C(NCc1cccnc1)N/N=C/C1CC=CCC1. The Balaban J connectivity index is 1.67. The Morgan fingerprint density at radius 1 is 1.53 bits per heavy atom. The quantitative estimate of drug-likeness (QED) is 0.383. The Hall–Kier alpha value is -1.75. The molecule has 0 aliphatic heterocycles. The smallest absolute Gasteiger partial charge is 0.187 e. The molecule has 2 rings (SSSR count). The van der Waals surface area contributed by atoms with Crippen molar-refractivity contribution in [3.8, 4) is 0 Å². The molecule has 100 valence electrons. The van der Waals surface area contributed by atoms with E-state index < -0.39 is 0 Å². The Bertz CT molecular complexity index is 456. The van der Waals surface area contributed by atoms with E-state index in [1.807, 2.05) is 24.5 Å². The number of nitrogens with one attached hydrogen (secondary N) is 2. The molecular formula is C14H18N4S. The van der Waals surface area contributed by atoms with Crippen LogP contribution in [0.3, 0.4) is 0 Å². The maximum Gasteiger partial charge on any atom is 0.187 e. The van der Waals surface area contributed by atoms with Gasteiger partial charge in [-0.15, -0.1) is 0 Å². The van der Waals surface area contributed by atoms with Crippen LogP contribution in [0.1, 0.15) is 24.8 Å². The zero-order valence-electron chi connectivity index (χ0n) is 10.7. The fraction of sp³-hybridized carbons (Fsp3) is 0.357. The molecule has 1 aromatic rings. The van der Waals surface area contributed by atoms with Gasteiger partial charge in [0.2, 0.25) is 0 Å². The number of hydrogen-bond donors (Lipinski definition) is 2. The second-order valence-corrected chi connectivity index (χ2v) is 4.89. The molecule has 1 heterocycles. The third-order valence-corrected chi connectivity index (χ3v) is 3.17. The van der Waals surface area contributed by atoms with Crippen molar-refractivity contribution in [1.29, 1.82) is 0 Å². The summed E-state index contributed by atoms with van der Waals surface area (Å²) in [5.41, 5.74) is 3.94. The summed E-state index contributed by atoms with van der Waals surface area (Å²) in [4.78, 5) is 4.05. The molecule has 1 atom stereocenters. The fourth-order valence-corrected chi connectivity index (χ4v) is 2.00. The second-order valence-electron chi connectivity index (χ2n) is 4.48. The molecular weight excluding hydrogens is 256 g/mol. The summed E-state index contributed by atoms with van der Waals surface area (Å²) < 4.78 is 0. The zero-order valence-corrected chi connectivity index (χ0v) is 11.6. The Kier molecular flexibility index (Phi) is 5.49. The largest absolute Gasteiger partial charge is 0.357 e. The van der Waals surface area contributed by atoms with Crippen LogP contribution < -0.4 is 10.7 Å². The van der Waals surface area contributed by atoms with E-state index in [0.717, 1.165) is 24.8 Å². The second kappa shape index (κ2) is 7.63. The van der Waals surface area contributed by atoms with Crippen molar-refractivity contribution in [1.82, 2.24) is 15.7 Å². The summed E-state index contributed by atoms with van der Waals surface area (Å²) in [7, 11) is 0. The molecule has 0 bridgehead atoms. The van der Waals surface area contributed by atoms with E-state index in [0.29, 0.717) is 17.6 Å². The topological polar surface area (TPSA) is 49.3 Å². The fourth-order valence-electron chi connectivity index (χ4n) is 1.88. The molecule has 1 aliphatic carbocycles. The molecule has 0 fully saturated rings. The van der Waals surface area contributed by atoms with E-state index in [4.69, 9.17) is 12.2 Å². The van der Waals surface area contributed by atoms with E-state index in [2.05, 4.69) is 33.0 Å². The molecule has 19 heavy (non-hydrogen) atoms. The minimum atomic E-state index is 0.527. The normalized spacial score (nSPS) is 18.4.